The third-order valence-corrected chi connectivity index (χ3v) is 6.90. The van der Waals surface area contributed by atoms with Gasteiger partial charge in [0, 0.05) is 5.31 Å². The topological polar surface area (TPSA) is 27.7 Å². The maximum absolute atomic E-state index is 6.05. The minimum absolute atomic E-state index is 0.169. The van der Waals surface area contributed by atoms with Crippen LogP contribution in [0.25, 0.3) is 0 Å². The predicted molar refractivity (Wildman–Crippen MR) is 104 cm³/mol. The molecule has 0 radical (unpaired) electrons. The lowest BCUT2D eigenvalue weighted by Crippen LogP contribution is -2.12. The fourth-order valence-corrected chi connectivity index (χ4v) is 5.01. The number of rotatable bonds is 6. The molecule has 24 heavy (non-hydrogen) atoms. The van der Waals surface area contributed by atoms with Crippen LogP contribution in [0, 0.1) is 0 Å². The van der Waals surface area contributed by atoms with Crippen molar-refractivity contribution in [3.05, 3.63) is 59.0 Å². The summed E-state index contributed by atoms with van der Waals surface area (Å²) in [7, 11) is 2.88. The molecule has 1 fully saturated rings. The van der Waals surface area contributed by atoms with Crippen LogP contribution in [0.1, 0.15) is 41.0 Å². The summed E-state index contributed by atoms with van der Waals surface area (Å²) in [6, 6.07) is 0. The fraction of sp³-hybridized carbons (Fsp3) is 0.500. The van der Waals surface area contributed by atoms with Gasteiger partial charge in [0.2, 0.25) is 0 Å². The van der Waals surface area contributed by atoms with Gasteiger partial charge in [-0.3, -0.25) is 0 Å². The summed E-state index contributed by atoms with van der Waals surface area (Å²) in [5.74, 6) is 1.75. The molecule has 134 valence electrons. The molecule has 1 unspecified atom stereocenters. The Morgan fingerprint density at radius 1 is 1.33 bits per heavy atom. The third kappa shape index (κ3) is 4.77. The van der Waals surface area contributed by atoms with Gasteiger partial charge in [-0.05, 0) is 44.1 Å². The van der Waals surface area contributed by atoms with E-state index in [1.165, 1.54) is 5.31 Å². The highest BCUT2D eigenvalue weighted by molar-refractivity contribution is 7.64. The molecular weight excluding hydrogens is 319 g/mol. The van der Waals surface area contributed by atoms with Crippen LogP contribution >= 0.6 is 7.92 Å². The fourth-order valence-electron chi connectivity index (χ4n) is 2.61. The summed E-state index contributed by atoms with van der Waals surface area (Å²) in [4.78, 5) is 0. The van der Waals surface area contributed by atoms with E-state index in [2.05, 4.69) is 47.3 Å². The zero-order chi connectivity index (χ0) is 18.3. The highest BCUT2D eigenvalue weighted by atomic mass is 31.1. The molecule has 0 aromatic rings. The maximum Gasteiger partial charge on any atom is 0.129 e. The van der Waals surface area contributed by atoms with Crippen molar-refractivity contribution in [3.63, 3.8) is 0 Å². The summed E-state index contributed by atoms with van der Waals surface area (Å²) in [5, 5.41) is 1.47. The van der Waals surface area contributed by atoms with Crippen LogP contribution in [-0.4, -0.2) is 25.7 Å². The smallest absolute Gasteiger partial charge is 0.129 e. The molecule has 0 amide bonds. The van der Waals surface area contributed by atoms with E-state index in [0.717, 1.165) is 35.4 Å². The Labute approximate surface area is 148 Å². The molecule has 1 heterocycles. The van der Waals surface area contributed by atoms with Crippen molar-refractivity contribution in [2.24, 2.45) is 0 Å². The van der Waals surface area contributed by atoms with Crippen LogP contribution in [0.4, 0.5) is 0 Å². The van der Waals surface area contributed by atoms with Crippen LogP contribution in [-0.2, 0) is 14.2 Å². The van der Waals surface area contributed by atoms with Crippen LogP contribution in [0.3, 0.4) is 0 Å². The van der Waals surface area contributed by atoms with Gasteiger partial charge in [0.1, 0.15) is 17.9 Å². The van der Waals surface area contributed by atoms with Gasteiger partial charge >= 0.3 is 0 Å². The molecule has 1 rings (SSSR count). The average Bonchev–Trinajstić information content (AvgIpc) is 2.94. The van der Waals surface area contributed by atoms with Crippen molar-refractivity contribution in [2.75, 3.05) is 20.6 Å². The Bertz CT molecular complexity index is 574. The summed E-state index contributed by atoms with van der Waals surface area (Å²) >= 11 is 0. The summed E-state index contributed by atoms with van der Waals surface area (Å²) in [6.07, 6.45) is 9.20. The van der Waals surface area contributed by atoms with E-state index < -0.39 is 7.92 Å². The van der Waals surface area contributed by atoms with Gasteiger partial charge in [0.15, 0.2) is 0 Å². The number of methoxy groups -OCH3 is 2. The predicted octanol–water partition coefficient (Wildman–Crippen LogP) is 6.07. The Balaban J connectivity index is 3.58. The van der Waals surface area contributed by atoms with Gasteiger partial charge in [-0.2, -0.15) is 0 Å². The molecule has 0 aromatic heterocycles. The van der Waals surface area contributed by atoms with Crippen LogP contribution in [0.15, 0.2) is 59.0 Å². The molecule has 0 bridgehead atoms. The highest BCUT2D eigenvalue weighted by Gasteiger charge is 2.37. The Morgan fingerprint density at radius 3 is 2.46 bits per heavy atom. The van der Waals surface area contributed by atoms with Crippen molar-refractivity contribution in [1.29, 1.82) is 0 Å². The monoisotopic (exact) mass is 350 g/mol. The number of hydrogen-bond donors (Lipinski definition) is 0. The quantitative estimate of drug-likeness (QED) is 0.331. The van der Waals surface area contributed by atoms with Crippen LogP contribution in [0.2, 0.25) is 0 Å². The van der Waals surface area contributed by atoms with Gasteiger partial charge < -0.3 is 14.2 Å². The molecule has 4 heteroatoms. The molecule has 3 nitrogen and oxygen atoms in total. The largest absolute Gasteiger partial charge is 0.504 e. The maximum atomic E-state index is 6.05. The zero-order valence-electron chi connectivity index (χ0n) is 16.1. The highest BCUT2D eigenvalue weighted by Crippen LogP contribution is 2.64. The minimum Gasteiger partial charge on any atom is -0.504 e. The molecular formula is C20H31O3P. The molecule has 0 saturated carbocycles. The van der Waals surface area contributed by atoms with Crippen molar-refractivity contribution < 1.29 is 14.2 Å². The summed E-state index contributed by atoms with van der Waals surface area (Å²) < 4.78 is 16.9. The normalized spacial score (nSPS) is 23.1. The molecule has 1 saturated heterocycles. The molecule has 1 aliphatic heterocycles. The second-order valence-corrected chi connectivity index (χ2v) is 9.46. The van der Waals surface area contributed by atoms with E-state index in [1.54, 1.807) is 26.6 Å². The SMILES string of the molecule is C=C\C=C(OC)/C(=C/OC)C(/C)=C1\C(=C/CC)OCP1C(C)(C)C. The van der Waals surface area contributed by atoms with E-state index in [-0.39, 0.29) is 5.16 Å². The second-order valence-electron chi connectivity index (χ2n) is 6.56. The van der Waals surface area contributed by atoms with Crippen molar-refractivity contribution in [1.82, 2.24) is 0 Å². The number of allylic oxidation sites excluding steroid dienone is 5. The molecule has 0 aliphatic carbocycles. The Morgan fingerprint density at radius 2 is 2.00 bits per heavy atom. The van der Waals surface area contributed by atoms with E-state index in [9.17, 15) is 0 Å². The van der Waals surface area contributed by atoms with Gasteiger partial charge in [-0.1, -0.05) is 40.3 Å². The Kier molecular flexibility index (Phi) is 7.83. The average molecular weight is 350 g/mol. The zero-order valence-corrected chi connectivity index (χ0v) is 17.0. The first-order chi connectivity index (χ1) is 11.3. The third-order valence-electron chi connectivity index (χ3n) is 3.80. The second kappa shape index (κ2) is 9.13. The summed E-state index contributed by atoms with van der Waals surface area (Å²) in [6.45, 7) is 14.9. The van der Waals surface area contributed by atoms with Gasteiger partial charge in [-0.25, -0.2) is 0 Å². The van der Waals surface area contributed by atoms with Crippen LogP contribution in [0.5, 0.6) is 0 Å². The summed E-state index contributed by atoms with van der Waals surface area (Å²) in [5.41, 5.74) is 2.07. The van der Waals surface area contributed by atoms with Crippen molar-refractivity contribution in [3.8, 4) is 0 Å². The van der Waals surface area contributed by atoms with Crippen molar-refractivity contribution >= 4 is 7.92 Å². The van der Waals surface area contributed by atoms with E-state index in [1.807, 2.05) is 6.08 Å². The molecule has 0 N–H and O–H groups in total. The molecule has 0 spiro atoms. The standard InChI is InChI=1S/C20H31O3P/c1-9-11-17(22-8)16(13-21-7)15(3)19-18(12-10-2)23-14-24(19)20(4,5)6/h9,11-13H,1,10,14H2,2-8H3/b16-13+,17-11+,18-12+,19-15+. The Hall–Kier alpha value is -1.47. The van der Waals surface area contributed by atoms with E-state index in [0.29, 0.717) is 0 Å². The van der Waals surface area contributed by atoms with Crippen molar-refractivity contribution in [2.45, 2.75) is 46.2 Å². The lowest BCUT2D eigenvalue weighted by Gasteiger charge is -2.28. The van der Waals surface area contributed by atoms with E-state index in [4.69, 9.17) is 14.2 Å². The van der Waals surface area contributed by atoms with Gasteiger partial charge in [0.05, 0.1) is 26.1 Å². The van der Waals surface area contributed by atoms with Gasteiger partial charge in [0.25, 0.3) is 0 Å². The lowest BCUT2D eigenvalue weighted by atomic mass is 10.1. The number of ether oxygens (including phenoxy) is 3. The molecule has 1 aliphatic rings. The number of hydrogen-bond acceptors (Lipinski definition) is 3. The first-order valence-corrected chi connectivity index (χ1v) is 9.76. The first-order valence-electron chi connectivity index (χ1n) is 8.24. The van der Waals surface area contributed by atoms with Crippen LogP contribution < -0.4 is 0 Å². The molecule has 0 aromatic carbocycles. The first kappa shape index (κ1) is 20.6. The lowest BCUT2D eigenvalue weighted by molar-refractivity contribution is 0.288. The van der Waals surface area contributed by atoms with Gasteiger partial charge in [-0.15, -0.1) is 0 Å². The van der Waals surface area contributed by atoms with E-state index >= 15 is 0 Å². The minimum atomic E-state index is -0.438. The molecule has 1 atom stereocenters.